The highest BCUT2D eigenvalue weighted by molar-refractivity contribution is 6.05. The molecule has 0 spiro atoms. The zero-order chi connectivity index (χ0) is 14.5. The molecule has 0 saturated heterocycles. The molecule has 0 aliphatic carbocycles. The SMILES string of the molecule is CCCC(=O)Nc1onc(-c2ccncc2)c1C(N)=O. The first-order chi connectivity index (χ1) is 9.63. The van der Waals surface area contributed by atoms with Crippen LogP contribution in [0.2, 0.25) is 0 Å². The van der Waals surface area contributed by atoms with Crippen LogP contribution in [0.15, 0.2) is 29.0 Å². The van der Waals surface area contributed by atoms with Crippen molar-refractivity contribution in [1.82, 2.24) is 10.1 Å². The van der Waals surface area contributed by atoms with Gasteiger partial charge in [-0.2, -0.15) is 0 Å². The number of amides is 2. The molecule has 0 saturated carbocycles. The number of hydrogen-bond acceptors (Lipinski definition) is 5. The van der Waals surface area contributed by atoms with Gasteiger partial charge in [-0.1, -0.05) is 12.1 Å². The molecular weight excluding hydrogens is 260 g/mol. The molecule has 2 rings (SSSR count). The van der Waals surface area contributed by atoms with E-state index < -0.39 is 5.91 Å². The van der Waals surface area contributed by atoms with Crippen LogP contribution in [0.3, 0.4) is 0 Å². The molecule has 0 radical (unpaired) electrons. The van der Waals surface area contributed by atoms with Crippen molar-refractivity contribution >= 4 is 17.7 Å². The second-order valence-electron chi connectivity index (χ2n) is 4.13. The highest BCUT2D eigenvalue weighted by atomic mass is 16.5. The maximum absolute atomic E-state index is 11.6. The summed E-state index contributed by atoms with van der Waals surface area (Å²) in [6.45, 7) is 1.87. The van der Waals surface area contributed by atoms with Crippen molar-refractivity contribution in [3.05, 3.63) is 30.1 Å². The Bertz CT molecular complexity index is 622. The molecule has 0 aliphatic heterocycles. The molecule has 7 nitrogen and oxygen atoms in total. The van der Waals surface area contributed by atoms with E-state index in [0.29, 0.717) is 18.4 Å². The number of nitrogens with one attached hydrogen (secondary N) is 1. The molecule has 0 aromatic carbocycles. The summed E-state index contributed by atoms with van der Waals surface area (Å²) < 4.78 is 5.03. The van der Waals surface area contributed by atoms with Gasteiger partial charge in [0.2, 0.25) is 11.8 Å². The van der Waals surface area contributed by atoms with E-state index in [1.165, 1.54) is 0 Å². The summed E-state index contributed by atoms with van der Waals surface area (Å²) in [5.74, 6) is -1.000. The first kappa shape index (κ1) is 13.7. The van der Waals surface area contributed by atoms with Gasteiger partial charge in [0.05, 0.1) is 0 Å². The third-order valence-electron chi connectivity index (χ3n) is 2.62. The predicted octanol–water partition coefficient (Wildman–Crippen LogP) is 1.57. The van der Waals surface area contributed by atoms with Crippen molar-refractivity contribution in [2.45, 2.75) is 19.8 Å². The van der Waals surface area contributed by atoms with Gasteiger partial charge in [-0.3, -0.25) is 19.9 Å². The summed E-state index contributed by atoms with van der Waals surface area (Å²) in [4.78, 5) is 27.0. The zero-order valence-corrected chi connectivity index (χ0v) is 10.9. The zero-order valence-electron chi connectivity index (χ0n) is 10.9. The molecule has 2 amide bonds. The van der Waals surface area contributed by atoms with Gasteiger partial charge >= 0.3 is 0 Å². The number of carbonyl (C=O) groups is 2. The van der Waals surface area contributed by atoms with E-state index in [9.17, 15) is 9.59 Å². The highest BCUT2D eigenvalue weighted by Gasteiger charge is 2.23. The number of carbonyl (C=O) groups excluding carboxylic acids is 2. The summed E-state index contributed by atoms with van der Waals surface area (Å²) in [6.07, 6.45) is 4.13. The number of hydrogen-bond donors (Lipinski definition) is 2. The average molecular weight is 274 g/mol. The van der Waals surface area contributed by atoms with Gasteiger partial charge < -0.3 is 10.3 Å². The summed E-state index contributed by atoms with van der Waals surface area (Å²) in [5, 5.41) is 6.30. The van der Waals surface area contributed by atoms with Crippen molar-refractivity contribution in [3.8, 4) is 11.3 Å². The van der Waals surface area contributed by atoms with Crippen LogP contribution in [-0.2, 0) is 4.79 Å². The third-order valence-corrected chi connectivity index (χ3v) is 2.62. The molecule has 0 fully saturated rings. The lowest BCUT2D eigenvalue weighted by Gasteiger charge is -2.02. The molecule has 104 valence electrons. The quantitative estimate of drug-likeness (QED) is 0.859. The standard InChI is InChI=1S/C13H14N4O3/c1-2-3-9(18)16-13-10(12(14)19)11(17-20-13)8-4-6-15-7-5-8/h4-7H,2-3H2,1H3,(H2,14,19)(H,16,18). The van der Waals surface area contributed by atoms with Gasteiger partial charge in [0.25, 0.3) is 5.91 Å². The summed E-state index contributed by atoms with van der Waals surface area (Å²) in [5.41, 5.74) is 6.31. The third kappa shape index (κ3) is 2.82. The molecule has 0 unspecified atom stereocenters. The predicted molar refractivity (Wildman–Crippen MR) is 71.8 cm³/mol. The maximum atomic E-state index is 11.6. The molecule has 2 aromatic heterocycles. The lowest BCUT2D eigenvalue weighted by molar-refractivity contribution is -0.116. The van der Waals surface area contributed by atoms with E-state index in [1.54, 1.807) is 24.5 Å². The van der Waals surface area contributed by atoms with Gasteiger partial charge in [0.15, 0.2) is 0 Å². The average Bonchev–Trinajstić information content (AvgIpc) is 2.83. The number of rotatable bonds is 5. The van der Waals surface area contributed by atoms with Crippen LogP contribution in [0.25, 0.3) is 11.3 Å². The Labute approximate surface area is 115 Å². The molecular formula is C13H14N4O3. The Balaban J connectivity index is 2.38. The smallest absolute Gasteiger partial charge is 0.256 e. The van der Waals surface area contributed by atoms with Gasteiger partial charge in [-0.25, -0.2) is 0 Å². The molecule has 20 heavy (non-hydrogen) atoms. The topological polar surface area (TPSA) is 111 Å². The van der Waals surface area contributed by atoms with Gasteiger partial charge in [0, 0.05) is 24.4 Å². The summed E-state index contributed by atoms with van der Waals surface area (Å²) in [7, 11) is 0. The molecule has 7 heteroatoms. The first-order valence-electron chi connectivity index (χ1n) is 6.13. The van der Waals surface area contributed by atoms with Crippen LogP contribution < -0.4 is 11.1 Å². The second kappa shape index (κ2) is 5.96. The van der Waals surface area contributed by atoms with E-state index in [4.69, 9.17) is 10.3 Å². The van der Waals surface area contributed by atoms with Crippen molar-refractivity contribution in [2.75, 3.05) is 5.32 Å². The van der Waals surface area contributed by atoms with Crippen molar-refractivity contribution in [2.24, 2.45) is 5.73 Å². The number of primary amides is 1. The molecule has 3 N–H and O–H groups in total. The van der Waals surface area contributed by atoms with Crippen LogP contribution in [0, 0.1) is 0 Å². The minimum atomic E-state index is -0.718. The van der Waals surface area contributed by atoms with Gasteiger partial charge in [-0.15, -0.1) is 0 Å². The van der Waals surface area contributed by atoms with Crippen molar-refractivity contribution in [1.29, 1.82) is 0 Å². The van der Waals surface area contributed by atoms with E-state index >= 15 is 0 Å². The molecule has 0 atom stereocenters. The number of aromatic nitrogens is 2. The first-order valence-corrected chi connectivity index (χ1v) is 6.13. The molecule has 0 aliphatic rings. The number of nitrogens with zero attached hydrogens (tertiary/aromatic N) is 2. The fourth-order valence-electron chi connectivity index (χ4n) is 1.73. The fourth-order valence-corrected chi connectivity index (χ4v) is 1.73. The second-order valence-corrected chi connectivity index (χ2v) is 4.13. The van der Waals surface area contributed by atoms with Crippen molar-refractivity contribution in [3.63, 3.8) is 0 Å². The number of anilines is 1. The summed E-state index contributed by atoms with van der Waals surface area (Å²) >= 11 is 0. The monoisotopic (exact) mass is 274 g/mol. The van der Waals surface area contributed by atoms with Crippen LogP contribution >= 0.6 is 0 Å². The van der Waals surface area contributed by atoms with Crippen molar-refractivity contribution < 1.29 is 14.1 Å². The van der Waals surface area contributed by atoms with Gasteiger partial charge in [-0.05, 0) is 18.6 Å². The van der Waals surface area contributed by atoms with E-state index in [0.717, 1.165) is 0 Å². The number of pyridine rings is 1. The van der Waals surface area contributed by atoms with Crippen LogP contribution in [0.1, 0.15) is 30.1 Å². The van der Waals surface area contributed by atoms with E-state index in [2.05, 4.69) is 15.5 Å². The van der Waals surface area contributed by atoms with Crippen LogP contribution in [-0.4, -0.2) is 22.0 Å². The van der Waals surface area contributed by atoms with Crippen LogP contribution in [0.4, 0.5) is 5.88 Å². The minimum absolute atomic E-state index is 0.0252. The Morgan fingerprint density at radius 3 is 2.65 bits per heavy atom. The number of nitrogens with two attached hydrogens (primary N) is 1. The highest BCUT2D eigenvalue weighted by Crippen LogP contribution is 2.28. The van der Waals surface area contributed by atoms with Gasteiger partial charge in [0.1, 0.15) is 11.3 Å². The summed E-state index contributed by atoms with van der Waals surface area (Å²) in [6, 6.07) is 3.34. The molecule has 0 bridgehead atoms. The molecule has 2 aromatic rings. The fraction of sp³-hybridized carbons (Fsp3) is 0.231. The minimum Gasteiger partial charge on any atom is -0.365 e. The lowest BCUT2D eigenvalue weighted by Crippen LogP contribution is -2.17. The van der Waals surface area contributed by atoms with E-state index in [1.807, 2.05) is 6.92 Å². The molecule has 2 heterocycles. The van der Waals surface area contributed by atoms with Crippen LogP contribution in [0.5, 0.6) is 0 Å². The normalized spacial score (nSPS) is 10.2. The Morgan fingerprint density at radius 2 is 2.05 bits per heavy atom. The lowest BCUT2D eigenvalue weighted by atomic mass is 10.1. The largest absolute Gasteiger partial charge is 0.365 e. The Morgan fingerprint density at radius 1 is 1.35 bits per heavy atom. The Kier molecular flexibility index (Phi) is 4.09. The Hall–Kier alpha value is -2.70. The maximum Gasteiger partial charge on any atom is 0.256 e. The van der Waals surface area contributed by atoms with E-state index in [-0.39, 0.29) is 23.0 Å².